The lowest BCUT2D eigenvalue weighted by molar-refractivity contribution is 0.101. The van der Waals surface area contributed by atoms with Gasteiger partial charge in [0.1, 0.15) is 11.5 Å². The van der Waals surface area contributed by atoms with E-state index < -0.39 is 23.8 Å². The molecule has 2 aromatic carbocycles. The van der Waals surface area contributed by atoms with Crippen molar-refractivity contribution in [3.05, 3.63) is 69.7 Å². The summed E-state index contributed by atoms with van der Waals surface area (Å²) in [6.45, 7) is 0. The Hall–Kier alpha value is -2.51. The third-order valence-corrected chi connectivity index (χ3v) is 4.28. The molecule has 1 N–H and O–H groups in total. The van der Waals surface area contributed by atoms with Crippen LogP contribution in [-0.2, 0) is 7.05 Å². The van der Waals surface area contributed by atoms with Gasteiger partial charge >= 0.3 is 0 Å². The highest BCUT2D eigenvalue weighted by molar-refractivity contribution is 6.31. The number of rotatable bonds is 4. The Kier molecular flexibility index (Phi) is 5.43. The first kappa shape index (κ1) is 19.3. The molecule has 27 heavy (non-hydrogen) atoms. The summed E-state index contributed by atoms with van der Waals surface area (Å²) in [7, 11) is 1.43. The third kappa shape index (κ3) is 4.09. The molecule has 1 amide bonds. The van der Waals surface area contributed by atoms with E-state index in [1.165, 1.54) is 19.3 Å². The van der Waals surface area contributed by atoms with Gasteiger partial charge in [-0.25, -0.2) is 13.2 Å². The lowest BCUT2D eigenvalue weighted by Gasteiger charge is -2.13. The fourth-order valence-corrected chi connectivity index (χ4v) is 2.93. The molecule has 3 aromatic rings. The number of carbonyl (C=O) groups is 1. The Balaban J connectivity index is 2.04. The molecule has 0 bridgehead atoms. The molecule has 0 aliphatic carbocycles. The molecule has 0 spiro atoms. The summed E-state index contributed by atoms with van der Waals surface area (Å²) in [6, 6.07) is 8.89. The summed E-state index contributed by atoms with van der Waals surface area (Å²) in [5.74, 6) is -1.51. The van der Waals surface area contributed by atoms with Crippen LogP contribution in [0.25, 0.3) is 11.1 Å². The zero-order valence-corrected chi connectivity index (χ0v) is 15.3. The molecule has 0 saturated carbocycles. The Morgan fingerprint density at radius 2 is 1.96 bits per heavy atom. The Morgan fingerprint density at radius 3 is 2.63 bits per heavy atom. The van der Waals surface area contributed by atoms with Crippen LogP contribution in [-0.4, -0.2) is 15.7 Å². The Bertz CT molecular complexity index is 1020. The van der Waals surface area contributed by atoms with Crippen molar-refractivity contribution in [3.8, 4) is 11.1 Å². The number of hydrogen-bond acceptors (Lipinski definition) is 2. The van der Waals surface area contributed by atoms with Gasteiger partial charge in [-0.3, -0.25) is 9.48 Å². The molecule has 1 heterocycles. The van der Waals surface area contributed by atoms with Gasteiger partial charge in [0.25, 0.3) is 12.3 Å². The summed E-state index contributed by atoms with van der Waals surface area (Å²) in [5.41, 5.74) is 0.0408. The number of benzene rings is 2. The highest BCUT2D eigenvalue weighted by Gasteiger charge is 2.24. The van der Waals surface area contributed by atoms with Gasteiger partial charge in [-0.1, -0.05) is 35.3 Å². The van der Waals surface area contributed by atoms with Crippen molar-refractivity contribution >= 4 is 34.8 Å². The van der Waals surface area contributed by atoms with Crippen molar-refractivity contribution in [2.45, 2.75) is 6.43 Å². The van der Waals surface area contributed by atoms with Gasteiger partial charge in [-0.15, -0.1) is 0 Å². The van der Waals surface area contributed by atoms with E-state index in [1.807, 2.05) is 0 Å². The van der Waals surface area contributed by atoms with Crippen LogP contribution in [0.4, 0.5) is 18.9 Å². The van der Waals surface area contributed by atoms with E-state index in [1.54, 1.807) is 24.3 Å². The second-order valence-electron chi connectivity index (χ2n) is 5.68. The first-order valence-corrected chi connectivity index (χ1v) is 8.40. The minimum atomic E-state index is -2.92. The van der Waals surface area contributed by atoms with E-state index in [-0.39, 0.29) is 16.3 Å². The van der Waals surface area contributed by atoms with Crippen molar-refractivity contribution in [1.82, 2.24) is 9.78 Å². The zero-order chi connectivity index (χ0) is 19.7. The van der Waals surface area contributed by atoms with Crippen LogP contribution >= 0.6 is 23.2 Å². The number of hydrogen-bond donors (Lipinski definition) is 1. The topological polar surface area (TPSA) is 46.9 Å². The maximum Gasteiger partial charge on any atom is 0.282 e. The fraction of sp³-hybridized carbons (Fsp3) is 0.111. The molecule has 1 aromatic heterocycles. The van der Waals surface area contributed by atoms with Gasteiger partial charge in [0, 0.05) is 23.8 Å². The van der Waals surface area contributed by atoms with Crippen LogP contribution < -0.4 is 5.32 Å². The second-order valence-corrected chi connectivity index (χ2v) is 6.52. The number of amides is 1. The minimum absolute atomic E-state index is 0.151. The summed E-state index contributed by atoms with van der Waals surface area (Å²) >= 11 is 11.8. The van der Waals surface area contributed by atoms with Gasteiger partial charge in [-0.05, 0) is 29.8 Å². The molecule has 4 nitrogen and oxygen atoms in total. The summed E-state index contributed by atoms with van der Waals surface area (Å²) < 4.78 is 41.3. The highest BCUT2D eigenvalue weighted by atomic mass is 35.5. The van der Waals surface area contributed by atoms with E-state index >= 15 is 0 Å². The number of nitrogens with one attached hydrogen (secondary N) is 1. The average Bonchev–Trinajstić information content (AvgIpc) is 3.00. The third-order valence-electron chi connectivity index (χ3n) is 3.75. The van der Waals surface area contributed by atoms with E-state index in [0.717, 1.165) is 10.7 Å². The fourth-order valence-electron chi connectivity index (χ4n) is 2.58. The number of aryl methyl sites for hydroxylation is 1. The lowest BCUT2D eigenvalue weighted by Crippen LogP contribution is -2.14. The number of anilines is 1. The number of nitrogens with zero attached hydrogens (tertiary/aromatic N) is 2. The molecular formula is C18H12Cl2F3N3O. The van der Waals surface area contributed by atoms with Crippen LogP contribution in [0, 0.1) is 5.82 Å². The molecule has 3 rings (SSSR count). The van der Waals surface area contributed by atoms with Crippen molar-refractivity contribution in [1.29, 1.82) is 0 Å². The standard InChI is InChI=1S/C18H12Cl2F3N3O/c1-26-8-12(16(25-26)17(22)23)18(27)24-15-7-13(20)14(21)6-11(15)9-3-2-4-10(19)5-9/h2-8,17H,1H3,(H,24,27). The Labute approximate surface area is 162 Å². The van der Waals surface area contributed by atoms with Gasteiger partial charge < -0.3 is 5.32 Å². The molecule has 0 aliphatic heterocycles. The van der Waals surface area contributed by atoms with Crippen LogP contribution in [0.2, 0.25) is 10.0 Å². The van der Waals surface area contributed by atoms with Crippen molar-refractivity contribution in [3.63, 3.8) is 0 Å². The quantitative estimate of drug-likeness (QED) is 0.594. The molecule has 0 fully saturated rings. The van der Waals surface area contributed by atoms with Crippen molar-refractivity contribution in [2.24, 2.45) is 7.05 Å². The zero-order valence-electron chi connectivity index (χ0n) is 13.8. The number of halogens is 5. The molecule has 140 valence electrons. The van der Waals surface area contributed by atoms with Crippen LogP contribution in [0.5, 0.6) is 0 Å². The predicted molar refractivity (Wildman–Crippen MR) is 98.0 cm³/mol. The SMILES string of the molecule is Cn1cc(C(=O)Nc2cc(Cl)c(F)cc2-c2cccc(Cl)c2)c(C(F)F)n1. The Morgan fingerprint density at radius 1 is 1.22 bits per heavy atom. The predicted octanol–water partition coefficient (Wildman–Crippen LogP) is 5.72. The monoisotopic (exact) mass is 413 g/mol. The van der Waals surface area contributed by atoms with Crippen LogP contribution in [0.15, 0.2) is 42.6 Å². The maximum absolute atomic E-state index is 14.0. The summed E-state index contributed by atoms with van der Waals surface area (Å²) in [6.07, 6.45) is -1.74. The van der Waals surface area contributed by atoms with E-state index in [9.17, 15) is 18.0 Å². The normalized spacial score (nSPS) is 11.1. The molecule has 0 aliphatic rings. The largest absolute Gasteiger partial charge is 0.321 e. The number of carbonyl (C=O) groups excluding carboxylic acids is 1. The first-order valence-electron chi connectivity index (χ1n) is 7.64. The average molecular weight is 414 g/mol. The van der Waals surface area contributed by atoms with Gasteiger partial charge in [0.05, 0.1) is 16.3 Å². The van der Waals surface area contributed by atoms with Crippen LogP contribution in [0.3, 0.4) is 0 Å². The van der Waals surface area contributed by atoms with Crippen molar-refractivity contribution in [2.75, 3.05) is 5.32 Å². The minimum Gasteiger partial charge on any atom is -0.321 e. The second kappa shape index (κ2) is 7.62. The van der Waals surface area contributed by atoms with E-state index in [2.05, 4.69) is 10.4 Å². The highest BCUT2D eigenvalue weighted by Crippen LogP contribution is 2.34. The summed E-state index contributed by atoms with van der Waals surface area (Å²) in [5, 5.41) is 6.28. The number of alkyl halides is 2. The molecule has 0 radical (unpaired) electrons. The molecule has 0 saturated heterocycles. The lowest BCUT2D eigenvalue weighted by atomic mass is 10.0. The van der Waals surface area contributed by atoms with Crippen LogP contribution in [0.1, 0.15) is 22.5 Å². The van der Waals surface area contributed by atoms with Gasteiger partial charge in [0.2, 0.25) is 0 Å². The number of aromatic nitrogens is 2. The van der Waals surface area contributed by atoms with Gasteiger partial charge in [0.15, 0.2) is 0 Å². The maximum atomic E-state index is 14.0. The molecular weight excluding hydrogens is 402 g/mol. The van der Waals surface area contributed by atoms with E-state index in [4.69, 9.17) is 23.2 Å². The van der Waals surface area contributed by atoms with Gasteiger partial charge in [-0.2, -0.15) is 5.10 Å². The summed E-state index contributed by atoms with van der Waals surface area (Å²) in [4.78, 5) is 12.5. The molecule has 0 atom stereocenters. The smallest absolute Gasteiger partial charge is 0.282 e. The first-order chi connectivity index (χ1) is 12.8. The molecule has 9 heteroatoms. The van der Waals surface area contributed by atoms with Crippen molar-refractivity contribution < 1.29 is 18.0 Å². The molecule has 0 unspecified atom stereocenters. The van der Waals surface area contributed by atoms with E-state index in [0.29, 0.717) is 16.1 Å².